The minimum absolute atomic E-state index is 0.135. The van der Waals surface area contributed by atoms with Crippen LogP contribution < -0.4 is 5.32 Å². The summed E-state index contributed by atoms with van der Waals surface area (Å²) in [6, 6.07) is 36.3. The number of nitrogens with zero attached hydrogens (tertiary/aromatic N) is 2. The Morgan fingerprint density at radius 3 is 2.23 bits per heavy atom. The molecule has 7 heteroatoms. The van der Waals surface area contributed by atoms with Gasteiger partial charge in [-0.15, -0.1) is 0 Å². The highest BCUT2D eigenvalue weighted by atomic mass is 32.2. The summed E-state index contributed by atoms with van der Waals surface area (Å²) in [5.41, 5.74) is 6.32. The Kier molecular flexibility index (Phi) is 7.37. The van der Waals surface area contributed by atoms with E-state index in [1.54, 1.807) is 12.1 Å². The fourth-order valence-electron chi connectivity index (χ4n) is 4.49. The van der Waals surface area contributed by atoms with Gasteiger partial charge in [-0.25, -0.2) is 14.4 Å². The molecule has 0 fully saturated rings. The van der Waals surface area contributed by atoms with Crippen LogP contribution in [0.2, 0.25) is 0 Å². The number of nitrogens with one attached hydrogen (secondary N) is 2. The Hall–Kier alpha value is -4.75. The van der Waals surface area contributed by atoms with Crippen LogP contribution in [0.5, 0.6) is 0 Å². The Balaban J connectivity index is 1.34. The summed E-state index contributed by atoms with van der Waals surface area (Å²) >= 11 is 1.37. The molecule has 2 heterocycles. The number of halogens is 1. The second-order valence-corrected chi connectivity index (χ2v) is 10.2. The van der Waals surface area contributed by atoms with E-state index in [9.17, 15) is 9.18 Å². The van der Waals surface area contributed by atoms with Crippen molar-refractivity contribution in [3.63, 3.8) is 0 Å². The van der Waals surface area contributed by atoms with Gasteiger partial charge >= 0.3 is 0 Å². The molecule has 196 valence electrons. The molecule has 0 saturated heterocycles. The number of hydrogen-bond donors (Lipinski definition) is 2. The Morgan fingerprint density at radius 2 is 1.48 bits per heavy atom. The molecule has 1 amide bonds. The lowest BCUT2D eigenvalue weighted by Gasteiger charge is -2.10. The average molecular weight is 545 g/mol. The van der Waals surface area contributed by atoms with Crippen molar-refractivity contribution in [3.05, 3.63) is 127 Å². The van der Waals surface area contributed by atoms with Gasteiger partial charge in [0.2, 0.25) is 5.91 Å². The van der Waals surface area contributed by atoms with Gasteiger partial charge < -0.3 is 10.3 Å². The van der Waals surface area contributed by atoms with Gasteiger partial charge in [0, 0.05) is 23.1 Å². The second kappa shape index (κ2) is 11.6. The first-order valence-corrected chi connectivity index (χ1v) is 13.9. The number of rotatable bonds is 8. The summed E-state index contributed by atoms with van der Waals surface area (Å²) in [5.74, 6) is 0.427. The molecule has 0 aliphatic rings. The monoisotopic (exact) mass is 544 g/mol. The zero-order valence-corrected chi connectivity index (χ0v) is 22.3. The van der Waals surface area contributed by atoms with E-state index in [1.165, 1.54) is 23.9 Å². The van der Waals surface area contributed by atoms with Crippen molar-refractivity contribution in [2.24, 2.45) is 0 Å². The first-order valence-electron chi connectivity index (χ1n) is 12.9. The molecule has 4 aromatic carbocycles. The molecule has 6 aromatic rings. The number of pyridine rings is 1. The number of H-pyrrole nitrogens is 1. The highest BCUT2D eigenvalue weighted by Crippen LogP contribution is 2.37. The van der Waals surface area contributed by atoms with E-state index in [2.05, 4.69) is 28.5 Å². The molecule has 5 nitrogen and oxygen atoms in total. The predicted molar refractivity (Wildman–Crippen MR) is 159 cm³/mol. The van der Waals surface area contributed by atoms with Crippen molar-refractivity contribution < 1.29 is 9.18 Å². The maximum atomic E-state index is 13.2. The molecule has 0 bridgehead atoms. The summed E-state index contributed by atoms with van der Waals surface area (Å²) < 4.78 is 13.2. The van der Waals surface area contributed by atoms with Crippen LogP contribution in [-0.4, -0.2) is 26.6 Å². The lowest BCUT2D eigenvalue weighted by molar-refractivity contribution is -0.118. The number of imidazole rings is 1. The van der Waals surface area contributed by atoms with Crippen LogP contribution in [0.3, 0.4) is 0 Å². The van der Waals surface area contributed by atoms with E-state index in [0.717, 1.165) is 44.5 Å². The summed E-state index contributed by atoms with van der Waals surface area (Å²) in [4.78, 5) is 26.3. The first kappa shape index (κ1) is 25.5. The summed E-state index contributed by atoms with van der Waals surface area (Å²) in [6.45, 7) is 0.330. The number of aromatic amines is 1. The second-order valence-electron chi connectivity index (χ2n) is 9.27. The van der Waals surface area contributed by atoms with Gasteiger partial charge in [0.25, 0.3) is 0 Å². The highest BCUT2D eigenvalue weighted by Gasteiger charge is 2.19. The number of carbonyl (C=O) groups is 1. The van der Waals surface area contributed by atoms with Gasteiger partial charge in [0.15, 0.2) is 0 Å². The van der Waals surface area contributed by atoms with Gasteiger partial charge in [0.05, 0.1) is 28.2 Å². The number of thioether (sulfide) groups is 1. The van der Waals surface area contributed by atoms with E-state index < -0.39 is 0 Å². The van der Waals surface area contributed by atoms with Crippen LogP contribution in [0.4, 0.5) is 4.39 Å². The van der Waals surface area contributed by atoms with Crippen molar-refractivity contribution in [3.8, 4) is 33.9 Å². The maximum Gasteiger partial charge on any atom is 0.230 e. The number of benzene rings is 4. The first-order chi connectivity index (χ1) is 19.6. The maximum absolute atomic E-state index is 13.2. The van der Waals surface area contributed by atoms with Crippen LogP contribution in [0.15, 0.2) is 120 Å². The number of fused-ring (bicyclic) bond motifs is 1. The number of amides is 1. The number of hydrogen-bond acceptors (Lipinski definition) is 4. The van der Waals surface area contributed by atoms with E-state index in [1.807, 2.05) is 72.8 Å². The van der Waals surface area contributed by atoms with Crippen LogP contribution in [0, 0.1) is 5.82 Å². The summed E-state index contributed by atoms with van der Waals surface area (Å²) in [5, 5.41) is 4.61. The fourth-order valence-corrected chi connectivity index (χ4v) is 5.33. The van der Waals surface area contributed by atoms with Crippen molar-refractivity contribution in [2.75, 3.05) is 5.75 Å². The fraction of sp³-hybridized carbons (Fsp3) is 0.0606. The van der Waals surface area contributed by atoms with E-state index in [-0.39, 0.29) is 17.5 Å². The molecule has 0 radical (unpaired) electrons. The van der Waals surface area contributed by atoms with Gasteiger partial charge in [0.1, 0.15) is 16.7 Å². The van der Waals surface area contributed by atoms with Crippen molar-refractivity contribution in [1.82, 2.24) is 20.3 Å². The summed E-state index contributed by atoms with van der Waals surface area (Å²) in [7, 11) is 0. The van der Waals surface area contributed by atoms with Crippen LogP contribution in [-0.2, 0) is 11.3 Å². The van der Waals surface area contributed by atoms with E-state index in [0.29, 0.717) is 17.4 Å². The minimum Gasteiger partial charge on any atom is -0.351 e. The molecule has 0 unspecified atom stereocenters. The van der Waals surface area contributed by atoms with E-state index in [4.69, 9.17) is 9.97 Å². The predicted octanol–water partition coefficient (Wildman–Crippen LogP) is 7.51. The highest BCUT2D eigenvalue weighted by molar-refractivity contribution is 8.00. The molecule has 6 rings (SSSR count). The third-order valence-electron chi connectivity index (χ3n) is 6.50. The zero-order valence-electron chi connectivity index (χ0n) is 21.5. The molecule has 0 spiro atoms. The minimum atomic E-state index is -0.302. The molecule has 2 aromatic heterocycles. The molecule has 0 aliphatic carbocycles. The summed E-state index contributed by atoms with van der Waals surface area (Å²) in [6.07, 6.45) is 0. The van der Waals surface area contributed by atoms with Gasteiger partial charge in [-0.2, -0.15) is 0 Å². The number of aromatic nitrogens is 3. The number of para-hydroxylation sites is 1. The van der Waals surface area contributed by atoms with Crippen molar-refractivity contribution in [2.45, 2.75) is 11.6 Å². The topological polar surface area (TPSA) is 70.7 Å². The molecule has 0 saturated carbocycles. The van der Waals surface area contributed by atoms with Crippen LogP contribution >= 0.6 is 11.8 Å². The van der Waals surface area contributed by atoms with Crippen LogP contribution in [0.1, 0.15) is 5.56 Å². The van der Waals surface area contributed by atoms with Crippen LogP contribution in [0.25, 0.3) is 44.8 Å². The molecule has 2 N–H and O–H groups in total. The Labute approximate surface area is 235 Å². The van der Waals surface area contributed by atoms with E-state index >= 15 is 0 Å². The lowest BCUT2D eigenvalue weighted by Crippen LogP contribution is -2.24. The lowest BCUT2D eigenvalue weighted by atomic mass is 10.1. The number of carbonyl (C=O) groups excluding carboxylic acids is 1. The van der Waals surface area contributed by atoms with Crippen molar-refractivity contribution in [1.29, 1.82) is 0 Å². The smallest absolute Gasteiger partial charge is 0.230 e. The Bertz CT molecular complexity index is 1710. The average Bonchev–Trinajstić information content (AvgIpc) is 3.46. The largest absolute Gasteiger partial charge is 0.351 e. The normalized spacial score (nSPS) is 11.0. The zero-order chi connectivity index (χ0) is 27.3. The molecule has 0 atom stereocenters. The quantitative estimate of drug-likeness (QED) is 0.195. The third-order valence-corrected chi connectivity index (χ3v) is 7.49. The van der Waals surface area contributed by atoms with Gasteiger partial charge in [-0.05, 0) is 29.8 Å². The van der Waals surface area contributed by atoms with Crippen molar-refractivity contribution >= 4 is 28.6 Å². The van der Waals surface area contributed by atoms with Gasteiger partial charge in [-0.3, -0.25) is 4.79 Å². The molecular formula is C33H25FN4OS. The molecule has 0 aliphatic heterocycles. The standard InChI is InChI=1S/C33H25FN4OS/c34-26-17-15-22(16-18-26)20-35-29(39)21-40-33-27(19-25-13-7-8-14-28(25)36-33)32-37-30(23-9-3-1-4-10-23)31(38-32)24-11-5-2-6-12-24/h1-19H,20-21H2,(H,35,39)(H,37,38). The molecular weight excluding hydrogens is 519 g/mol. The van der Waals surface area contributed by atoms with Gasteiger partial charge in [-0.1, -0.05) is 103 Å². The third kappa shape index (κ3) is 5.65. The molecule has 40 heavy (non-hydrogen) atoms. The Morgan fingerprint density at radius 1 is 0.800 bits per heavy atom. The SMILES string of the molecule is O=C(CSc1nc2ccccc2cc1-c1nc(-c2ccccc2)c(-c2ccccc2)[nH]1)NCc1ccc(F)cc1.